The maximum atomic E-state index is 11.7. The normalized spacial score (nSPS) is 44.1. The van der Waals surface area contributed by atoms with Gasteiger partial charge in [0.2, 0.25) is 0 Å². The van der Waals surface area contributed by atoms with E-state index in [9.17, 15) is 13.0 Å². The maximum Gasteiger partial charge on any atom is 0.268 e. The fraction of sp³-hybridized carbons (Fsp3) is 1.00. The second kappa shape index (κ2) is 5.36. The molecular weight excluding hydrogens is 260 g/mol. The largest absolute Gasteiger partial charge is 0.285 e. The lowest BCUT2D eigenvalue weighted by Gasteiger charge is -2.28. The minimum atomic E-state index is -3.89. The van der Waals surface area contributed by atoms with Gasteiger partial charge < -0.3 is 0 Å². The van der Waals surface area contributed by atoms with Crippen molar-refractivity contribution in [1.29, 1.82) is 0 Å². The Balaban J connectivity index is 2.28. The molecule has 4 heteroatoms. The first-order chi connectivity index (χ1) is 8.71. The van der Waals surface area contributed by atoms with Crippen LogP contribution in [0.1, 0.15) is 53.4 Å². The van der Waals surface area contributed by atoms with Gasteiger partial charge in [-0.25, -0.2) is 0 Å². The molecule has 0 aromatic rings. The fourth-order valence-corrected chi connectivity index (χ4v) is 6.01. The third kappa shape index (κ3) is 2.99. The summed E-state index contributed by atoms with van der Waals surface area (Å²) >= 11 is 0. The highest BCUT2D eigenvalue weighted by Crippen LogP contribution is 2.51. The topological polar surface area (TPSA) is 54.4 Å². The minimum Gasteiger partial charge on any atom is -0.285 e. The first kappa shape index (κ1) is 15.3. The number of hydrogen-bond acceptors (Lipinski definition) is 2. The van der Waals surface area contributed by atoms with E-state index in [2.05, 4.69) is 27.7 Å². The Labute approximate surface area is 117 Å². The van der Waals surface area contributed by atoms with E-state index in [4.69, 9.17) is 0 Å². The predicted octanol–water partition coefficient (Wildman–Crippen LogP) is 3.61. The van der Waals surface area contributed by atoms with Crippen molar-refractivity contribution < 1.29 is 13.0 Å². The molecular formula is C15H28O3S. The highest BCUT2D eigenvalue weighted by molar-refractivity contribution is 7.86. The van der Waals surface area contributed by atoms with Crippen LogP contribution in [0.2, 0.25) is 0 Å². The molecule has 0 aromatic heterocycles. The highest BCUT2D eigenvalue weighted by Gasteiger charge is 2.50. The van der Waals surface area contributed by atoms with Crippen LogP contribution in [0.4, 0.5) is 0 Å². The van der Waals surface area contributed by atoms with E-state index < -0.39 is 15.4 Å². The van der Waals surface area contributed by atoms with Crippen LogP contribution in [0.25, 0.3) is 0 Å². The summed E-state index contributed by atoms with van der Waals surface area (Å²) < 4.78 is 32.9. The van der Waals surface area contributed by atoms with Crippen LogP contribution in [0.3, 0.4) is 0 Å². The SMILES string of the molecule is CC(C)C1CCC(C)C2C(C1)C(C)CC2S(=O)(=O)O. The molecule has 0 amide bonds. The maximum absolute atomic E-state index is 11.7. The molecule has 0 spiro atoms. The van der Waals surface area contributed by atoms with Crippen molar-refractivity contribution in [2.45, 2.75) is 58.6 Å². The van der Waals surface area contributed by atoms with Gasteiger partial charge in [-0.1, -0.05) is 34.1 Å². The van der Waals surface area contributed by atoms with Crippen molar-refractivity contribution in [3.63, 3.8) is 0 Å². The zero-order valence-corrected chi connectivity index (χ0v) is 13.4. The Morgan fingerprint density at radius 2 is 1.68 bits per heavy atom. The van der Waals surface area contributed by atoms with Gasteiger partial charge in [0.15, 0.2) is 0 Å². The van der Waals surface area contributed by atoms with Crippen molar-refractivity contribution in [2.75, 3.05) is 0 Å². The van der Waals surface area contributed by atoms with E-state index in [-0.39, 0.29) is 5.92 Å². The van der Waals surface area contributed by atoms with Gasteiger partial charge in [-0.3, -0.25) is 4.55 Å². The van der Waals surface area contributed by atoms with Crippen LogP contribution in [-0.2, 0) is 10.1 Å². The average Bonchev–Trinajstić information content (AvgIpc) is 2.50. The molecule has 2 aliphatic carbocycles. The zero-order chi connectivity index (χ0) is 14.4. The van der Waals surface area contributed by atoms with Gasteiger partial charge in [-0.05, 0) is 54.8 Å². The summed E-state index contributed by atoms with van der Waals surface area (Å²) in [7, 11) is -3.89. The van der Waals surface area contributed by atoms with E-state index >= 15 is 0 Å². The fourth-order valence-electron chi connectivity index (χ4n) is 4.59. The van der Waals surface area contributed by atoms with Gasteiger partial charge in [0.05, 0.1) is 5.25 Å². The first-order valence-corrected chi connectivity index (χ1v) is 9.18. The van der Waals surface area contributed by atoms with E-state index in [1.165, 1.54) is 6.42 Å². The molecule has 0 saturated heterocycles. The van der Waals surface area contributed by atoms with Crippen molar-refractivity contribution in [2.24, 2.45) is 35.5 Å². The van der Waals surface area contributed by atoms with Crippen LogP contribution < -0.4 is 0 Å². The summed E-state index contributed by atoms with van der Waals surface area (Å²) in [6.45, 7) is 8.89. The summed E-state index contributed by atoms with van der Waals surface area (Å²) in [5.41, 5.74) is 0. The van der Waals surface area contributed by atoms with Gasteiger partial charge >= 0.3 is 0 Å². The minimum absolute atomic E-state index is 0.161. The van der Waals surface area contributed by atoms with Crippen LogP contribution in [0, 0.1) is 35.5 Å². The Hall–Kier alpha value is -0.0900. The second-order valence-corrected chi connectivity index (χ2v) is 8.94. The molecule has 0 heterocycles. The zero-order valence-electron chi connectivity index (χ0n) is 12.5. The van der Waals surface area contributed by atoms with Crippen molar-refractivity contribution in [3.05, 3.63) is 0 Å². The molecule has 3 nitrogen and oxygen atoms in total. The molecule has 1 N–H and O–H groups in total. The van der Waals surface area contributed by atoms with Crippen LogP contribution >= 0.6 is 0 Å². The average molecular weight is 288 g/mol. The molecule has 6 atom stereocenters. The molecule has 2 fully saturated rings. The standard InChI is InChI=1S/C15H28O3S/c1-9(2)12-6-5-10(3)15-13(8-12)11(4)7-14(15)19(16,17)18/h9-15H,5-8H2,1-4H3,(H,16,17,18). The molecule has 2 aliphatic rings. The van der Waals surface area contributed by atoms with E-state index in [1.807, 2.05) is 0 Å². The van der Waals surface area contributed by atoms with Crippen LogP contribution in [0.5, 0.6) is 0 Å². The lowest BCUT2D eigenvalue weighted by molar-refractivity contribution is 0.222. The summed E-state index contributed by atoms with van der Waals surface area (Å²) in [6, 6.07) is 0. The predicted molar refractivity (Wildman–Crippen MR) is 77.4 cm³/mol. The molecule has 0 aliphatic heterocycles. The van der Waals surface area contributed by atoms with Gasteiger partial charge in [-0.15, -0.1) is 0 Å². The molecule has 0 radical (unpaired) electrons. The van der Waals surface area contributed by atoms with Crippen LogP contribution in [0.15, 0.2) is 0 Å². The molecule has 0 bridgehead atoms. The van der Waals surface area contributed by atoms with Gasteiger partial charge in [-0.2, -0.15) is 8.42 Å². The Morgan fingerprint density at radius 1 is 1.05 bits per heavy atom. The summed E-state index contributed by atoms with van der Waals surface area (Å²) in [5.74, 6) is 2.83. The van der Waals surface area contributed by atoms with E-state index in [0.717, 1.165) is 12.8 Å². The van der Waals surface area contributed by atoms with E-state index in [1.54, 1.807) is 0 Å². The summed E-state index contributed by atoms with van der Waals surface area (Å²) in [4.78, 5) is 0. The summed E-state index contributed by atoms with van der Waals surface area (Å²) in [5, 5.41) is -0.520. The first-order valence-electron chi connectivity index (χ1n) is 7.68. The Bertz CT molecular complexity index is 415. The number of fused-ring (bicyclic) bond motifs is 1. The van der Waals surface area contributed by atoms with Gasteiger partial charge in [0.1, 0.15) is 0 Å². The molecule has 112 valence electrons. The molecule has 2 rings (SSSR count). The smallest absolute Gasteiger partial charge is 0.268 e. The second-order valence-electron chi connectivity index (χ2n) is 7.30. The lowest BCUT2D eigenvalue weighted by Crippen LogP contribution is -2.31. The van der Waals surface area contributed by atoms with Crippen molar-refractivity contribution in [1.82, 2.24) is 0 Å². The Kier molecular flexibility index (Phi) is 4.32. The number of hydrogen-bond donors (Lipinski definition) is 1. The van der Waals surface area contributed by atoms with Crippen LogP contribution in [-0.4, -0.2) is 18.2 Å². The lowest BCUT2D eigenvalue weighted by atomic mass is 9.78. The van der Waals surface area contributed by atoms with Crippen molar-refractivity contribution in [3.8, 4) is 0 Å². The molecule has 0 aromatic carbocycles. The summed E-state index contributed by atoms with van der Waals surface area (Å²) in [6.07, 6.45) is 4.09. The Morgan fingerprint density at radius 3 is 2.21 bits per heavy atom. The van der Waals surface area contributed by atoms with Gasteiger partial charge in [0.25, 0.3) is 10.1 Å². The third-order valence-electron chi connectivity index (χ3n) is 5.81. The van der Waals surface area contributed by atoms with Crippen molar-refractivity contribution >= 4 is 10.1 Å². The molecule has 6 unspecified atom stereocenters. The molecule has 2 saturated carbocycles. The third-order valence-corrected chi connectivity index (χ3v) is 7.08. The van der Waals surface area contributed by atoms with E-state index in [0.29, 0.717) is 36.0 Å². The van der Waals surface area contributed by atoms with Gasteiger partial charge in [0, 0.05) is 0 Å². The highest BCUT2D eigenvalue weighted by atomic mass is 32.2. The molecule has 19 heavy (non-hydrogen) atoms. The monoisotopic (exact) mass is 288 g/mol. The number of rotatable bonds is 2. The quantitative estimate of drug-likeness (QED) is 0.790.